The summed E-state index contributed by atoms with van der Waals surface area (Å²) in [5.74, 6) is -1.04. The van der Waals surface area contributed by atoms with E-state index in [-0.39, 0.29) is 23.1 Å². The molecule has 0 amide bonds. The number of rotatable bonds is 7. The molecule has 0 unspecified atom stereocenters. The Morgan fingerprint density at radius 1 is 1.15 bits per heavy atom. The normalized spacial score (nSPS) is 14.2. The van der Waals surface area contributed by atoms with Crippen molar-refractivity contribution >= 4 is 5.82 Å². The van der Waals surface area contributed by atoms with Gasteiger partial charge >= 0.3 is 0 Å². The van der Waals surface area contributed by atoms with Crippen LogP contribution in [0.2, 0.25) is 0 Å². The van der Waals surface area contributed by atoms with Gasteiger partial charge in [-0.2, -0.15) is 14.9 Å². The predicted molar refractivity (Wildman–Crippen MR) is 125 cm³/mol. The van der Waals surface area contributed by atoms with Crippen LogP contribution in [0.1, 0.15) is 18.4 Å². The van der Waals surface area contributed by atoms with Gasteiger partial charge in [-0.15, -0.1) is 0 Å². The molecular formula is C25H23F2N5O2. The second kappa shape index (κ2) is 8.49. The molecule has 0 bridgehead atoms. The molecule has 7 nitrogen and oxygen atoms in total. The molecule has 0 radical (unpaired) electrons. The lowest BCUT2D eigenvalue weighted by Crippen LogP contribution is -2.22. The fourth-order valence-corrected chi connectivity index (χ4v) is 3.96. The smallest absolute Gasteiger partial charge is 0.271 e. The fraction of sp³-hybridized carbons (Fsp3) is 0.240. The average Bonchev–Trinajstić information content (AvgIpc) is 3.50. The molecule has 2 aromatic heterocycles. The van der Waals surface area contributed by atoms with Crippen molar-refractivity contribution in [2.24, 2.45) is 5.41 Å². The molecule has 34 heavy (non-hydrogen) atoms. The van der Waals surface area contributed by atoms with E-state index in [0.29, 0.717) is 35.0 Å². The number of aliphatic hydroxyl groups excluding tert-OH is 1. The molecule has 2 aromatic carbocycles. The molecule has 1 aliphatic rings. The van der Waals surface area contributed by atoms with Crippen molar-refractivity contribution in [1.82, 2.24) is 20.0 Å². The van der Waals surface area contributed by atoms with E-state index in [0.717, 1.165) is 24.5 Å². The van der Waals surface area contributed by atoms with E-state index in [4.69, 9.17) is 0 Å². The van der Waals surface area contributed by atoms with Gasteiger partial charge in [0, 0.05) is 29.7 Å². The Bertz CT molecular complexity index is 1430. The number of aliphatic hydroxyl groups is 1. The van der Waals surface area contributed by atoms with E-state index < -0.39 is 11.6 Å². The third kappa shape index (κ3) is 3.99. The zero-order chi connectivity index (χ0) is 23.9. The van der Waals surface area contributed by atoms with Gasteiger partial charge in [0.25, 0.3) is 5.56 Å². The van der Waals surface area contributed by atoms with Gasteiger partial charge in [0.1, 0.15) is 11.6 Å². The van der Waals surface area contributed by atoms with Gasteiger partial charge in [0.05, 0.1) is 29.2 Å². The van der Waals surface area contributed by atoms with Gasteiger partial charge in [-0.25, -0.2) is 8.78 Å². The lowest BCUT2D eigenvalue weighted by Gasteiger charge is -2.14. The maximum atomic E-state index is 14.7. The highest BCUT2D eigenvalue weighted by Crippen LogP contribution is 2.45. The first kappa shape index (κ1) is 22.0. The highest BCUT2D eigenvalue weighted by molar-refractivity contribution is 5.87. The minimum absolute atomic E-state index is 0.0512. The highest BCUT2D eigenvalue weighted by atomic mass is 19.1. The first-order chi connectivity index (χ1) is 16.4. The highest BCUT2D eigenvalue weighted by Gasteiger charge is 2.42. The van der Waals surface area contributed by atoms with Crippen LogP contribution in [-0.2, 0) is 0 Å². The van der Waals surface area contributed by atoms with Crippen LogP contribution < -0.4 is 10.9 Å². The number of aromatic amines is 1. The standard InChI is InChI=1S/C25H23F2N5O2/c1-15-4-2-3-5-20(15)32-21(34)9-8-19(31-32)22-23(17-7-6-16(26)12-18(17)27)29-30-24(22)28-13-25(14-33)10-11-25/h2-9,12,33H,10-11,13-14H2,1H3,(H2,28,29,30). The molecule has 2 heterocycles. The molecule has 1 aliphatic carbocycles. The molecule has 4 aromatic rings. The lowest BCUT2D eigenvalue weighted by molar-refractivity contribution is 0.219. The van der Waals surface area contributed by atoms with Crippen molar-refractivity contribution in [2.75, 3.05) is 18.5 Å². The zero-order valence-corrected chi connectivity index (χ0v) is 18.5. The summed E-state index contributed by atoms with van der Waals surface area (Å²) in [7, 11) is 0. The number of anilines is 1. The van der Waals surface area contributed by atoms with Crippen LogP contribution in [0.15, 0.2) is 59.4 Å². The Hall–Kier alpha value is -3.85. The van der Waals surface area contributed by atoms with E-state index in [1.807, 2.05) is 25.1 Å². The van der Waals surface area contributed by atoms with Crippen molar-refractivity contribution in [3.05, 3.63) is 82.1 Å². The molecule has 5 rings (SSSR count). The molecule has 0 spiro atoms. The molecule has 1 fully saturated rings. The monoisotopic (exact) mass is 463 g/mol. The second-order valence-electron chi connectivity index (χ2n) is 8.71. The zero-order valence-electron chi connectivity index (χ0n) is 18.5. The van der Waals surface area contributed by atoms with Crippen LogP contribution >= 0.6 is 0 Å². The first-order valence-electron chi connectivity index (χ1n) is 11.0. The van der Waals surface area contributed by atoms with Gasteiger partial charge in [-0.05, 0) is 49.6 Å². The number of aryl methyl sites for hydroxylation is 1. The van der Waals surface area contributed by atoms with Crippen molar-refractivity contribution in [1.29, 1.82) is 0 Å². The molecule has 0 aliphatic heterocycles. The fourth-order valence-electron chi connectivity index (χ4n) is 3.96. The number of nitrogens with zero attached hydrogens (tertiary/aromatic N) is 3. The number of H-pyrrole nitrogens is 1. The molecule has 3 N–H and O–H groups in total. The van der Waals surface area contributed by atoms with Gasteiger partial charge in [-0.1, -0.05) is 18.2 Å². The Labute approximate surface area is 194 Å². The summed E-state index contributed by atoms with van der Waals surface area (Å²) in [6.45, 7) is 2.41. The van der Waals surface area contributed by atoms with Crippen molar-refractivity contribution in [2.45, 2.75) is 19.8 Å². The largest absolute Gasteiger partial charge is 0.396 e. The third-order valence-electron chi connectivity index (χ3n) is 6.29. The molecule has 1 saturated carbocycles. The number of halogens is 2. The molecule has 9 heteroatoms. The van der Waals surface area contributed by atoms with Gasteiger partial charge in [-0.3, -0.25) is 9.89 Å². The van der Waals surface area contributed by atoms with Gasteiger partial charge in [0.15, 0.2) is 5.82 Å². The summed E-state index contributed by atoms with van der Waals surface area (Å²) in [5, 5.41) is 24.7. The number of hydrogen-bond acceptors (Lipinski definition) is 5. The van der Waals surface area contributed by atoms with Crippen molar-refractivity contribution in [3.8, 4) is 28.2 Å². The maximum absolute atomic E-state index is 14.7. The third-order valence-corrected chi connectivity index (χ3v) is 6.29. The van der Waals surface area contributed by atoms with Crippen molar-refractivity contribution in [3.63, 3.8) is 0 Å². The summed E-state index contributed by atoms with van der Waals surface area (Å²) in [6.07, 6.45) is 1.79. The number of hydrogen-bond donors (Lipinski definition) is 3. The molecule has 174 valence electrons. The van der Waals surface area contributed by atoms with E-state index >= 15 is 0 Å². The summed E-state index contributed by atoms with van der Waals surface area (Å²) in [4.78, 5) is 12.7. The van der Waals surface area contributed by atoms with Gasteiger partial charge in [0.2, 0.25) is 0 Å². The second-order valence-corrected chi connectivity index (χ2v) is 8.71. The van der Waals surface area contributed by atoms with E-state index in [2.05, 4.69) is 20.6 Å². The topological polar surface area (TPSA) is 95.8 Å². The Morgan fingerprint density at radius 3 is 2.65 bits per heavy atom. The number of para-hydroxylation sites is 1. The van der Waals surface area contributed by atoms with Crippen LogP contribution in [0.4, 0.5) is 14.6 Å². The molecule has 0 saturated heterocycles. The molecular weight excluding hydrogens is 440 g/mol. The lowest BCUT2D eigenvalue weighted by atomic mass is 10.0. The van der Waals surface area contributed by atoms with E-state index in [9.17, 15) is 18.7 Å². The minimum Gasteiger partial charge on any atom is -0.396 e. The van der Waals surface area contributed by atoms with Crippen LogP contribution in [-0.4, -0.2) is 38.2 Å². The van der Waals surface area contributed by atoms with Crippen molar-refractivity contribution < 1.29 is 13.9 Å². The van der Waals surface area contributed by atoms with Crippen LogP contribution in [0.25, 0.3) is 28.2 Å². The summed E-state index contributed by atoms with van der Waals surface area (Å²) in [5.41, 5.74) is 2.22. The molecule has 0 atom stereocenters. The Kier molecular flexibility index (Phi) is 5.49. The van der Waals surface area contributed by atoms with Crippen LogP contribution in [0.3, 0.4) is 0 Å². The minimum atomic E-state index is -0.752. The van der Waals surface area contributed by atoms with Gasteiger partial charge < -0.3 is 10.4 Å². The summed E-state index contributed by atoms with van der Waals surface area (Å²) < 4.78 is 29.6. The summed E-state index contributed by atoms with van der Waals surface area (Å²) >= 11 is 0. The predicted octanol–water partition coefficient (Wildman–Crippen LogP) is 4.06. The van der Waals surface area contributed by atoms with E-state index in [1.54, 1.807) is 12.1 Å². The Balaban J connectivity index is 1.66. The van der Waals surface area contributed by atoms with E-state index in [1.165, 1.54) is 22.9 Å². The quantitative estimate of drug-likeness (QED) is 0.384. The SMILES string of the molecule is Cc1ccccc1-n1nc(-c2c(NCC3(CO)CC3)n[nH]c2-c2ccc(F)cc2F)ccc1=O. The summed E-state index contributed by atoms with van der Waals surface area (Å²) in [6, 6.07) is 13.6. The average molecular weight is 463 g/mol. The number of aromatic nitrogens is 4. The number of nitrogens with one attached hydrogen (secondary N) is 2. The van der Waals surface area contributed by atoms with Crippen LogP contribution in [0.5, 0.6) is 0 Å². The van der Waals surface area contributed by atoms with Crippen LogP contribution in [0, 0.1) is 24.0 Å². The Morgan fingerprint density at radius 2 is 1.94 bits per heavy atom. The maximum Gasteiger partial charge on any atom is 0.271 e. The number of benzene rings is 2. The first-order valence-corrected chi connectivity index (χ1v) is 11.0.